The van der Waals surface area contributed by atoms with Crippen molar-refractivity contribution in [2.75, 3.05) is 44.2 Å². The molecule has 2 aliphatic heterocycles. The maximum Gasteiger partial charge on any atom is 0.129 e. The zero-order valence-corrected chi connectivity index (χ0v) is 17.4. The van der Waals surface area contributed by atoms with Crippen molar-refractivity contribution in [1.82, 2.24) is 14.8 Å². The summed E-state index contributed by atoms with van der Waals surface area (Å²) >= 11 is 0. The lowest BCUT2D eigenvalue weighted by molar-refractivity contribution is 0.0965. The molecule has 1 aromatic carbocycles. The fourth-order valence-electron chi connectivity index (χ4n) is 4.67. The second-order valence-electron chi connectivity index (χ2n) is 8.48. The number of pyridine rings is 1. The molecule has 4 nitrogen and oxygen atoms in total. The molecule has 0 amide bonds. The van der Waals surface area contributed by atoms with Crippen LogP contribution in [0.3, 0.4) is 0 Å². The van der Waals surface area contributed by atoms with Gasteiger partial charge in [0.05, 0.1) is 5.69 Å². The molecule has 28 heavy (non-hydrogen) atoms. The molecule has 1 aromatic heterocycles. The third-order valence-corrected chi connectivity index (χ3v) is 6.40. The first-order valence-electron chi connectivity index (χ1n) is 11.0. The Balaban J connectivity index is 1.38. The van der Waals surface area contributed by atoms with Crippen molar-refractivity contribution in [1.29, 1.82) is 0 Å². The van der Waals surface area contributed by atoms with Crippen molar-refractivity contribution in [3.05, 3.63) is 48.5 Å². The van der Waals surface area contributed by atoms with Gasteiger partial charge in [0.2, 0.25) is 0 Å². The smallest absolute Gasteiger partial charge is 0.129 e. The lowest BCUT2D eigenvalue weighted by Gasteiger charge is -2.39. The van der Waals surface area contributed by atoms with Crippen molar-refractivity contribution in [2.24, 2.45) is 0 Å². The van der Waals surface area contributed by atoms with Gasteiger partial charge in [-0.15, -0.1) is 0 Å². The zero-order chi connectivity index (χ0) is 19.3. The van der Waals surface area contributed by atoms with Crippen molar-refractivity contribution in [3.8, 4) is 11.3 Å². The Kier molecular flexibility index (Phi) is 6.28. The van der Waals surface area contributed by atoms with Crippen LogP contribution in [0.2, 0.25) is 0 Å². The molecule has 4 heteroatoms. The predicted octanol–water partition coefficient (Wildman–Crippen LogP) is 4.13. The lowest BCUT2D eigenvalue weighted by Crippen LogP contribution is -2.47. The number of likely N-dealkylation sites (tertiary alicyclic amines) is 1. The van der Waals surface area contributed by atoms with Crippen LogP contribution in [0.15, 0.2) is 48.5 Å². The van der Waals surface area contributed by atoms with E-state index in [-0.39, 0.29) is 0 Å². The van der Waals surface area contributed by atoms with Crippen molar-refractivity contribution < 1.29 is 0 Å². The van der Waals surface area contributed by atoms with E-state index in [4.69, 9.17) is 4.98 Å². The van der Waals surface area contributed by atoms with Crippen LogP contribution in [-0.2, 0) is 0 Å². The topological polar surface area (TPSA) is 22.6 Å². The van der Waals surface area contributed by atoms with E-state index < -0.39 is 0 Å². The summed E-state index contributed by atoms with van der Waals surface area (Å²) in [7, 11) is 0. The van der Waals surface area contributed by atoms with Gasteiger partial charge >= 0.3 is 0 Å². The summed E-state index contributed by atoms with van der Waals surface area (Å²) in [4.78, 5) is 12.8. The van der Waals surface area contributed by atoms with E-state index in [9.17, 15) is 0 Å². The average molecular weight is 379 g/mol. The summed E-state index contributed by atoms with van der Waals surface area (Å²) < 4.78 is 0. The summed E-state index contributed by atoms with van der Waals surface area (Å²) in [5.74, 6) is 1.12. The quantitative estimate of drug-likeness (QED) is 0.798. The number of aromatic nitrogens is 1. The molecule has 2 fully saturated rings. The fraction of sp³-hybridized carbons (Fsp3) is 0.542. The molecule has 0 saturated carbocycles. The number of hydrogen-bond acceptors (Lipinski definition) is 4. The Hall–Kier alpha value is -1.91. The molecule has 2 aromatic rings. The van der Waals surface area contributed by atoms with Crippen LogP contribution in [0.1, 0.15) is 33.1 Å². The first-order valence-corrected chi connectivity index (χ1v) is 11.0. The molecule has 150 valence electrons. The Morgan fingerprint density at radius 2 is 1.61 bits per heavy atom. The highest BCUT2D eigenvalue weighted by Gasteiger charge is 2.27. The third-order valence-electron chi connectivity index (χ3n) is 6.40. The van der Waals surface area contributed by atoms with Crippen molar-refractivity contribution in [2.45, 2.75) is 45.2 Å². The van der Waals surface area contributed by atoms with Gasteiger partial charge in [-0.25, -0.2) is 4.98 Å². The van der Waals surface area contributed by atoms with Crippen LogP contribution in [0, 0.1) is 0 Å². The zero-order valence-electron chi connectivity index (χ0n) is 17.4. The van der Waals surface area contributed by atoms with E-state index in [0.29, 0.717) is 6.04 Å². The Labute approximate surface area is 170 Å². The van der Waals surface area contributed by atoms with Crippen molar-refractivity contribution in [3.63, 3.8) is 0 Å². The molecular formula is C24H34N4. The number of nitrogens with zero attached hydrogens (tertiary/aromatic N) is 4. The Bertz CT molecular complexity index is 737. The average Bonchev–Trinajstić information content (AvgIpc) is 3.01. The van der Waals surface area contributed by atoms with Gasteiger partial charge in [0.1, 0.15) is 5.82 Å². The molecule has 0 unspecified atom stereocenters. The molecule has 0 atom stereocenters. The molecule has 3 heterocycles. The second-order valence-corrected chi connectivity index (χ2v) is 8.48. The standard InChI is InChI=1S/C24H34N4/c1-20(2)26-16-12-22(13-17-26)27-14-7-15-28(19-18-27)24-11-6-10-23(25-24)21-8-4-3-5-9-21/h3-6,8-11,20,22H,7,12-19H2,1-2H3. The maximum atomic E-state index is 4.98. The van der Waals surface area contributed by atoms with E-state index in [2.05, 4.69) is 77.1 Å². The molecular weight excluding hydrogens is 344 g/mol. The molecule has 0 spiro atoms. The highest BCUT2D eigenvalue weighted by molar-refractivity contribution is 5.61. The molecule has 0 bridgehead atoms. The number of rotatable bonds is 4. The van der Waals surface area contributed by atoms with Gasteiger partial charge < -0.3 is 9.80 Å². The Morgan fingerprint density at radius 1 is 0.821 bits per heavy atom. The Morgan fingerprint density at radius 3 is 2.36 bits per heavy atom. The summed E-state index contributed by atoms with van der Waals surface area (Å²) in [6.07, 6.45) is 3.86. The lowest BCUT2D eigenvalue weighted by atomic mass is 10.0. The minimum absolute atomic E-state index is 0.684. The van der Waals surface area contributed by atoms with E-state index in [1.54, 1.807) is 0 Å². The summed E-state index contributed by atoms with van der Waals surface area (Å²) in [6.45, 7) is 11.7. The highest BCUT2D eigenvalue weighted by Crippen LogP contribution is 2.23. The number of benzene rings is 1. The first-order chi connectivity index (χ1) is 13.7. The minimum atomic E-state index is 0.684. The van der Waals surface area contributed by atoms with Crippen molar-refractivity contribution >= 4 is 5.82 Å². The van der Waals surface area contributed by atoms with Crippen LogP contribution < -0.4 is 4.90 Å². The van der Waals surface area contributed by atoms with Crippen LogP contribution in [-0.4, -0.2) is 66.1 Å². The molecule has 2 saturated heterocycles. The number of piperidine rings is 1. The largest absolute Gasteiger partial charge is 0.355 e. The molecule has 0 radical (unpaired) electrons. The van der Waals surface area contributed by atoms with E-state index in [1.807, 2.05) is 0 Å². The minimum Gasteiger partial charge on any atom is -0.355 e. The van der Waals surface area contributed by atoms with Crippen LogP contribution in [0.5, 0.6) is 0 Å². The predicted molar refractivity (Wildman–Crippen MR) is 118 cm³/mol. The van der Waals surface area contributed by atoms with E-state index >= 15 is 0 Å². The maximum absolute atomic E-state index is 4.98. The second kappa shape index (κ2) is 9.06. The van der Waals surface area contributed by atoms with Gasteiger partial charge in [-0.2, -0.15) is 0 Å². The normalized spacial score (nSPS) is 20.5. The van der Waals surface area contributed by atoms with Gasteiger partial charge in [0.15, 0.2) is 0 Å². The summed E-state index contributed by atoms with van der Waals surface area (Å²) in [6, 6.07) is 18.4. The summed E-state index contributed by atoms with van der Waals surface area (Å²) in [5.41, 5.74) is 2.26. The van der Waals surface area contributed by atoms with Gasteiger partial charge in [0.25, 0.3) is 0 Å². The molecule has 4 rings (SSSR count). The fourth-order valence-corrected chi connectivity index (χ4v) is 4.67. The highest BCUT2D eigenvalue weighted by atomic mass is 15.3. The van der Waals surface area contributed by atoms with Gasteiger partial charge in [-0.05, 0) is 58.3 Å². The van der Waals surface area contributed by atoms with E-state index in [0.717, 1.165) is 37.2 Å². The summed E-state index contributed by atoms with van der Waals surface area (Å²) in [5, 5.41) is 0. The van der Waals surface area contributed by atoms with Gasteiger partial charge in [-0.3, -0.25) is 4.90 Å². The molecule has 0 aliphatic carbocycles. The van der Waals surface area contributed by atoms with Crippen LogP contribution >= 0.6 is 0 Å². The SMILES string of the molecule is CC(C)N1CCC(N2CCCN(c3cccc(-c4ccccc4)n3)CC2)CC1. The van der Waals surface area contributed by atoms with Gasteiger partial charge in [-0.1, -0.05) is 36.4 Å². The molecule has 0 N–H and O–H groups in total. The first kappa shape index (κ1) is 19.4. The van der Waals surface area contributed by atoms with Crippen LogP contribution in [0.25, 0.3) is 11.3 Å². The van der Waals surface area contributed by atoms with E-state index in [1.165, 1.54) is 44.5 Å². The van der Waals surface area contributed by atoms with Gasteiger partial charge in [0, 0.05) is 43.8 Å². The third kappa shape index (κ3) is 4.56. The monoisotopic (exact) mass is 378 g/mol. The number of anilines is 1. The molecule has 2 aliphatic rings. The van der Waals surface area contributed by atoms with Crippen LogP contribution in [0.4, 0.5) is 5.82 Å². The number of hydrogen-bond donors (Lipinski definition) is 0.